The number of amides is 3. The van der Waals surface area contributed by atoms with Crippen LogP contribution in [0.4, 0.5) is 0 Å². The van der Waals surface area contributed by atoms with E-state index in [0.29, 0.717) is 5.56 Å². The third kappa shape index (κ3) is 3.11. The molecule has 5 fully saturated rings. The van der Waals surface area contributed by atoms with Gasteiger partial charge < -0.3 is 36.4 Å². The molecule has 13 heteroatoms. The van der Waals surface area contributed by atoms with Crippen molar-refractivity contribution in [1.82, 2.24) is 31.1 Å². The Morgan fingerprint density at radius 3 is 2.51 bits per heavy atom. The highest BCUT2D eigenvalue weighted by Crippen LogP contribution is 2.53. The summed E-state index contributed by atoms with van der Waals surface area (Å²) in [5.74, 6) is -4.07. The zero-order valence-electron chi connectivity index (χ0n) is 21.3. The SMILES string of the molecule is N=C1NC2[C@H](CN3C(=O)CCC3=O)NC(=N)N3CC(NC(=O)c4cccc5c4CCC54CCC4)C(O)(O)C23N1. The topological polar surface area (TPSA) is 194 Å². The maximum Gasteiger partial charge on any atom is 0.252 e. The normalized spacial score (nSPS) is 33.2. The fourth-order valence-electron chi connectivity index (χ4n) is 7.78. The predicted molar refractivity (Wildman–Crippen MR) is 137 cm³/mol. The molecule has 3 unspecified atom stereocenters. The molecule has 39 heavy (non-hydrogen) atoms. The van der Waals surface area contributed by atoms with Gasteiger partial charge in [0.2, 0.25) is 17.6 Å². The minimum atomic E-state index is -2.62. The first-order valence-electron chi connectivity index (χ1n) is 13.5. The number of hydrogen-bond acceptors (Lipinski definition) is 7. The van der Waals surface area contributed by atoms with Crippen molar-refractivity contribution >= 4 is 29.6 Å². The fraction of sp³-hybridized carbons (Fsp3) is 0.577. The van der Waals surface area contributed by atoms with E-state index in [2.05, 4.69) is 27.3 Å². The lowest BCUT2D eigenvalue weighted by Crippen LogP contribution is -2.81. The Bertz CT molecular complexity index is 1330. The van der Waals surface area contributed by atoms with Crippen LogP contribution in [0.2, 0.25) is 0 Å². The van der Waals surface area contributed by atoms with Gasteiger partial charge in [0.25, 0.3) is 5.91 Å². The van der Waals surface area contributed by atoms with Crippen molar-refractivity contribution in [3.05, 3.63) is 34.9 Å². The van der Waals surface area contributed by atoms with E-state index in [1.54, 1.807) is 6.07 Å². The number of imide groups is 1. The molecule has 6 aliphatic rings. The van der Waals surface area contributed by atoms with Gasteiger partial charge in [-0.2, -0.15) is 0 Å². The van der Waals surface area contributed by atoms with Gasteiger partial charge in [-0.1, -0.05) is 18.6 Å². The van der Waals surface area contributed by atoms with Crippen molar-refractivity contribution in [2.24, 2.45) is 0 Å². The third-order valence-corrected chi connectivity index (χ3v) is 9.89. The number of nitrogens with one attached hydrogen (secondary N) is 6. The Morgan fingerprint density at radius 1 is 1.08 bits per heavy atom. The number of benzene rings is 1. The molecule has 2 spiro atoms. The van der Waals surface area contributed by atoms with E-state index in [1.165, 1.54) is 16.9 Å². The van der Waals surface area contributed by atoms with Crippen molar-refractivity contribution in [2.75, 3.05) is 13.1 Å². The zero-order valence-corrected chi connectivity index (χ0v) is 21.3. The Morgan fingerprint density at radius 2 is 1.82 bits per heavy atom. The van der Waals surface area contributed by atoms with E-state index in [9.17, 15) is 24.6 Å². The number of nitrogens with zero attached hydrogens (tertiary/aromatic N) is 2. The van der Waals surface area contributed by atoms with Gasteiger partial charge in [-0.25, -0.2) is 0 Å². The van der Waals surface area contributed by atoms with E-state index < -0.39 is 35.5 Å². The number of guanidine groups is 2. The second kappa shape index (κ2) is 7.92. The van der Waals surface area contributed by atoms with Crippen LogP contribution in [0, 0.1) is 10.8 Å². The monoisotopic (exact) mass is 536 g/mol. The number of aliphatic hydroxyl groups is 2. The Balaban J connectivity index is 1.18. The summed E-state index contributed by atoms with van der Waals surface area (Å²) in [6.45, 7) is -0.219. The molecule has 8 N–H and O–H groups in total. The maximum absolute atomic E-state index is 13.6. The average molecular weight is 537 g/mol. The Kier molecular flexibility index (Phi) is 4.94. The first-order valence-corrected chi connectivity index (χ1v) is 13.5. The summed E-state index contributed by atoms with van der Waals surface area (Å²) in [4.78, 5) is 40.7. The van der Waals surface area contributed by atoms with Crippen LogP contribution in [-0.4, -0.2) is 92.3 Å². The Labute approximate surface area is 224 Å². The smallest absolute Gasteiger partial charge is 0.252 e. The molecule has 206 valence electrons. The number of carbonyl (C=O) groups excluding carboxylic acids is 3. The molecule has 0 aromatic heterocycles. The van der Waals surface area contributed by atoms with Gasteiger partial charge in [-0.05, 0) is 48.3 Å². The molecule has 4 atom stereocenters. The highest BCUT2D eigenvalue weighted by atomic mass is 16.5. The zero-order chi connectivity index (χ0) is 27.3. The van der Waals surface area contributed by atoms with E-state index in [1.807, 2.05) is 6.07 Å². The maximum atomic E-state index is 13.6. The van der Waals surface area contributed by atoms with Crippen LogP contribution >= 0.6 is 0 Å². The highest BCUT2D eigenvalue weighted by molar-refractivity contribution is 6.02. The van der Waals surface area contributed by atoms with Gasteiger partial charge in [0, 0.05) is 24.9 Å². The first-order chi connectivity index (χ1) is 18.6. The van der Waals surface area contributed by atoms with Crippen molar-refractivity contribution in [3.63, 3.8) is 0 Å². The van der Waals surface area contributed by atoms with Crippen LogP contribution in [-0.2, 0) is 21.4 Å². The van der Waals surface area contributed by atoms with Crippen molar-refractivity contribution in [2.45, 2.75) is 79.9 Å². The van der Waals surface area contributed by atoms with Crippen molar-refractivity contribution in [3.8, 4) is 0 Å². The van der Waals surface area contributed by atoms with E-state index in [-0.39, 0.29) is 55.1 Å². The number of rotatable bonds is 4. The molecule has 7 rings (SSSR count). The molecular weight excluding hydrogens is 504 g/mol. The van der Waals surface area contributed by atoms with E-state index >= 15 is 0 Å². The predicted octanol–water partition coefficient (Wildman–Crippen LogP) is -1.60. The summed E-state index contributed by atoms with van der Waals surface area (Å²) in [5, 5.41) is 51.8. The third-order valence-electron chi connectivity index (χ3n) is 9.89. The standard InChI is InChI=1S/C26H32N8O5/c27-22-31-20-16(11-33-18(35)5-6-19(33)36)29-23(28)34-12-17(26(38,39)25(20,34)32-22)30-21(37)14-3-1-4-15-13(14)7-10-24(15)8-2-9-24/h1,3-4,16-17,20,38-39H,2,5-12H2,(H2,28,29)(H,30,37)(H3,27,31,32)/t16-,17?,20?,25?/m0/s1. The van der Waals surface area contributed by atoms with Crippen LogP contribution in [0.25, 0.3) is 0 Å². The summed E-state index contributed by atoms with van der Waals surface area (Å²) in [5.41, 5.74) is 1.12. The molecule has 13 nitrogen and oxygen atoms in total. The van der Waals surface area contributed by atoms with Crippen molar-refractivity contribution < 1.29 is 24.6 Å². The lowest BCUT2D eigenvalue weighted by atomic mass is 9.65. The lowest BCUT2D eigenvalue weighted by molar-refractivity contribution is -0.232. The minimum Gasteiger partial charge on any atom is -0.361 e. The second-order valence-corrected chi connectivity index (χ2v) is 11.7. The molecule has 0 radical (unpaired) electrons. The molecule has 1 aromatic carbocycles. The summed E-state index contributed by atoms with van der Waals surface area (Å²) in [7, 11) is 0. The van der Waals surface area contributed by atoms with Crippen LogP contribution in [0.3, 0.4) is 0 Å². The van der Waals surface area contributed by atoms with Crippen LogP contribution < -0.4 is 21.3 Å². The molecule has 2 aliphatic carbocycles. The van der Waals surface area contributed by atoms with Gasteiger partial charge in [-0.15, -0.1) is 0 Å². The molecule has 1 aromatic rings. The number of fused-ring (bicyclic) bond motifs is 2. The molecule has 3 amide bonds. The van der Waals surface area contributed by atoms with Gasteiger partial charge in [-0.3, -0.25) is 30.1 Å². The summed E-state index contributed by atoms with van der Waals surface area (Å²) in [6, 6.07) is 2.82. The molecule has 1 saturated carbocycles. The van der Waals surface area contributed by atoms with Gasteiger partial charge >= 0.3 is 0 Å². The van der Waals surface area contributed by atoms with Crippen LogP contribution in [0.5, 0.6) is 0 Å². The average Bonchev–Trinajstić information content (AvgIpc) is 3.58. The Hall–Kier alpha value is -3.71. The molecule has 4 heterocycles. The first kappa shape index (κ1) is 24.3. The number of carbonyl (C=O) groups is 3. The number of likely N-dealkylation sites (tertiary alicyclic amines) is 1. The quantitative estimate of drug-likeness (QED) is 0.165. The van der Waals surface area contributed by atoms with Crippen LogP contribution in [0.15, 0.2) is 18.2 Å². The van der Waals surface area contributed by atoms with Crippen molar-refractivity contribution in [1.29, 1.82) is 10.8 Å². The largest absolute Gasteiger partial charge is 0.361 e. The molecular formula is C26H32N8O5. The summed E-state index contributed by atoms with van der Waals surface area (Å²) < 4.78 is 0. The second-order valence-electron chi connectivity index (χ2n) is 11.7. The van der Waals surface area contributed by atoms with Gasteiger partial charge in [0.05, 0.1) is 18.6 Å². The summed E-state index contributed by atoms with van der Waals surface area (Å²) in [6.07, 6.45) is 5.46. The summed E-state index contributed by atoms with van der Waals surface area (Å²) >= 11 is 0. The minimum absolute atomic E-state index is 0.104. The van der Waals surface area contributed by atoms with Gasteiger partial charge in [0.1, 0.15) is 6.04 Å². The van der Waals surface area contributed by atoms with Crippen LogP contribution in [0.1, 0.15) is 60.0 Å². The molecule has 4 aliphatic heterocycles. The highest BCUT2D eigenvalue weighted by Gasteiger charge is 2.74. The fourth-order valence-corrected chi connectivity index (χ4v) is 7.78. The van der Waals surface area contributed by atoms with Gasteiger partial charge in [0.15, 0.2) is 17.6 Å². The van der Waals surface area contributed by atoms with E-state index in [4.69, 9.17) is 10.8 Å². The van der Waals surface area contributed by atoms with E-state index in [0.717, 1.165) is 36.1 Å². The lowest BCUT2D eigenvalue weighted by Gasteiger charge is -2.51. The number of hydrogen-bond donors (Lipinski definition) is 8. The molecule has 0 bridgehead atoms. The molecule has 4 saturated heterocycles.